The van der Waals surface area contributed by atoms with E-state index in [2.05, 4.69) is 43.5 Å². The number of carbonyl (C=O) groups is 1. The summed E-state index contributed by atoms with van der Waals surface area (Å²) >= 11 is 0. The topological polar surface area (TPSA) is 307 Å². The van der Waals surface area contributed by atoms with Gasteiger partial charge >= 0.3 is 0 Å². The highest BCUT2D eigenvalue weighted by Gasteiger charge is 2.54. The second-order valence-electron chi connectivity index (χ2n) is 29.6. The minimum atomic E-state index is -1.98. The van der Waals surface area contributed by atoms with Gasteiger partial charge in [0.25, 0.3) is 0 Å². The van der Waals surface area contributed by atoms with E-state index in [0.29, 0.717) is 6.42 Å². The molecule has 17 atom stereocenters. The number of ether oxygens (including phenoxy) is 6. The molecule has 17 unspecified atom stereocenters. The van der Waals surface area contributed by atoms with E-state index in [0.717, 1.165) is 51.4 Å². The van der Waals surface area contributed by atoms with Crippen LogP contribution < -0.4 is 5.32 Å². The number of aliphatic hydroxyl groups excluding tert-OH is 11. The molecule has 1 amide bonds. The van der Waals surface area contributed by atoms with Gasteiger partial charge in [0, 0.05) is 6.42 Å². The van der Waals surface area contributed by atoms with Crippen molar-refractivity contribution < 1.29 is 89.4 Å². The second kappa shape index (κ2) is 62.1. The van der Waals surface area contributed by atoms with Crippen molar-refractivity contribution in [1.82, 2.24) is 5.32 Å². The van der Waals surface area contributed by atoms with Crippen LogP contribution in [-0.2, 0) is 33.2 Å². The fourth-order valence-electron chi connectivity index (χ4n) is 14.1. The van der Waals surface area contributed by atoms with Crippen molar-refractivity contribution in [2.45, 2.75) is 446 Å². The number of hydrogen-bond donors (Lipinski definition) is 12. The molecule has 0 aromatic carbocycles. The molecule has 3 aliphatic rings. The van der Waals surface area contributed by atoms with Gasteiger partial charge in [0.1, 0.15) is 73.2 Å². The van der Waals surface area contributed by atoms with Gasteiger partial charge in [0.2, 0.25) is 5.91 Å². The van der Waals surface area contributed by atoms with Gasteiger partial charge in [0.05, 0.1) is 38.6 Å². The predicted molar refractivity (Wildman–Crippen MR) is 397 cm³/mol. The third kappa shape index (κ3) is 41.8. The Balaban J connectivity index is 1.35. The van der Waals surface area contributed by atoms with Crippen LogP contribution in [0.15, 0.2) is 36.5 Å². The highest BCUT2D eigenvalue weighted by molar-refractivity contribution is 5.76. The smallest absolute Gasteiger partial charge is 0.220 e. The van der Waals surface area contributed by atoms with Crippen LogP contribution in [0.2, 0.25) is 0 Å². The second-order valence-corrected chi connectivity index (χ2v) is 29.6. The Morgan fingerprint density at radius 1 is 0.360 bits per heavy atom. The Bertz CT molecular complexity index is 1950. The molecule has 588 valence electrons. The lowest BCUT2D eigenvalue weighted by Crippen LogP contribution is -2.66. The Morgan fingerprint density at radius 3 is 1.02 bits per heavy atom. The summed E-state index contributed by atoms with van der Waals surface area (Å²) in [6.45, 7) is 1.78. The number of nitrogens with one attached hydrogen (secondary N) is 1. The Hall–Kier alpha value is -1.99. The van der Waals surface area contributed by atoms with Crippen molar-refractivity contribution >= 4 is 5.91 Å². The van der Waals surface area contributed by atoms with Gasteiger partial charge in [0.15, 0.2) is 18.9 Å². The van der Waals surface area contributed by atoms with Crippen molar-refractivity contribution in [3.05, 3.63) is 36.5 Å². The van der Waals surface area contributed by atoms with Crippen LogP contribution >= 0.6 is 0 Å². The number of carbonyl (C=O) groups excluding carboxylic acids is 1. The van der Waals surface area contributed by atoms with Crippen molar-refractivity contribution in [2.24, 2.45) is 0 Å². The van der Waals surface area contributed by atoms with Gasteiger partial charge in [-0.05, 0) is 51.4 Å². The highest BCUT2D eigenvalue weighted by Crippen LogP contribution is 2.33. The number of hydrogen-bond acceptors (Lipinski definition) is 18. The minimum Gasteiger partial charge on any atom is -0.394 e. The molecule has 3 saturated heterocycles. The summed E-state index contributed by atoms with van der Waals surface area (Å²) in [6.07, 6.45) is 49.9. The van der Waals surface area contributed by atoms with Crippen LogP contribution in [0.1, 0.15) is 341 Å². The maximum Gasteiger partial charge on any atom is 0.220 e. The van der Waals surface area contributed by atoms with E-state index in [9.17, 15) is 61.0 Å². The van der Waals surface area contributed by atoms with E-state index in [-0.39, 0.29) is 18.9 Å². The van der Waals surface area contributed by atoms with Gasteiger partial charge in [-0.15, -0.1) is 0 Å². The van der Waals surface area contributed by atoms with Crippen molar-refractivity contribution in [1.29, 1.82) is 0 Å². The molecule has 12 N–H and O–H groups in total. The average molecular weight is 1430 g/mol. The lowest BCUT2D eigenvalue weighted by molar-refractivity contribution is -0.379. The normalized spacial score (nSPS) is 26.6. The molecule has 0 aliphatic carbocycles. The molecule has 0 radical (unpaired) electrons. The standard InChI is InChI=1S/C81H151NO18/c1-3-5-7-9-11-13-15-17-19-21-23-25-27-28-29-30-31-32-33-34-35-36-37-39-41-43-45-47-49-51-53-55-57-59-69(87)82-64(65(86)58-56-54-52-50-48-46-44-42-40-38-26-24-22-20-18-16-14-12-10-8-6-4-2)63-95-79-75(93)72(90)77(67(61-84)97-79)100-81-76(94)73(91)78(68(62-85)98-81)99-80-74(92)71(89)70(88)66(60-83)96-80/h15,17,21,23,56,58,64-68,70-81,83-86,88-94H,3-14,16,18-20,22,24-55,57,59-63H2,1-2H3,(H,82,87)/b17-15-,23-21-,58-56+. The van der Waals surface area contributed by atoms with E-state index in [4.69, 9.17) is 28.4 Å². The Labute approximate surface area is 606 Å². The molecule has 0 aromatic heterocycles. The molecule has 3 heterocycles. The van der Waals surface area contributed by atoms with E-state index < -0.39 is 124 Å². The van der Waals surface area contributed by atoms with Crippen molar-refractivity contribution in [3.63, 3.8) is 0 Å². The third-order valence-corrected chi connectivity index (χ3v) is 20.7. The van der Waals surface area contributed by atoms with Crippen molar-refractivity contribution in [3.8, 4) is 0 Å². The molecular formula is C81H151NO18. The van der Waals surface area contributed by atoms with E-state index in [1.165, 1.54) is 263 Å². The SMILES string of the molecule is CCCCCCC/C=C\C/C=C\CCCCCCCCCCCCCCCCCCCCCCCC(=O)NC(COC1OC(CO)C(OC2OC(CO)C(OC3OC(CO)C(O)C(O)C3O)C(O)C2O)C(O)C1O)C(O)/C=C/CCCCCCCCCCCCCCCCCCCCCC. The number of amides is 1. The lowest BCUT2D eigenvalue weighted by atomic mass is 9.96. The summed E-state index contributed by atoms with van der Waals surface area (Å²) in [5.74, 6) is -0.269. The zero-order valence-electron chi connectivity index (χ0n) is 62.9. The molecular weight excluding hydrogens is 1270 g/mol. The first kappa shape index (κ1) is 92.2. The Morgan fingerprint density at radius 2 is 0.660 bits per heavy atom. The molecule has 0 bridgehead atoms. The summed E-state index contributed by atoms with van der Waals surface area (Å²) in [6, 6.07) is -0.973. The molecule has 0 saturated carbocycles. The van der Waals surface area contributed by atoms with E-state index in [1.807, 2.05) is 6.08 Å². The fourth-order valence-corrected chi connectivity index (χ4v) is 14.1. The number of aliphatic hydroxyl groups is 11. The zero-order chi connectivity index (χ0) is 72.5. The van der Waals surface area contributed by atoms with Gasteiger partial charge in [-0.3, -0.25) is 4.79 Å². The summed E-state index contributed by atoms with van der Waals surface area (Å²) < 4.78 is 34.5. The third-order valence-electron chi connectivity index (χ3n) is 20.7. The molecule has 100 heavy (non-hydrogen) atoms. The zero-order valence-corrected chi connectivity index (χ0v) is 62.9. The summed E-state index contributed by atoms with van der Waals surface area (Å²) in [4.78, 5) is 13.5. The number of allylic oxidation sites excluding steroid dienone is 5. The fraction of sp³-hybridized carbons (Fsp3) is 0.914. The molecule has 0 aromatic rings. The average Bonchev–Trinajstić information content (AvgIpc) is 0.783. The summed E-state index contributed by atoms with van der Waals surface area (Å²) in [5, 5.41) is 121. The molecule has 0 spiro atoms. The van der Waals surface area contributed by atoms with Gasteiger partial charge in [-0.1, -0.05) is 320 Å². The lowest BCUT2D eigenvalue weighted by Gasteiger charge is -2.48. The van der Waals surface area contributed by atoms with Gasteiger partial charge in [-0.25, -0.2) is 0 Å². The first-order valence-corrected chi connectivity index (χ1v) is 41.2. The molecule has 19 nitrogen and oxygen atoms in total. The monoisotopic (exact) mass is 1430 g/mol. The van der Waals surface area contributed by atoms with Gasteiger partial charge < -0.3 is 89.9 Å². The molecule has 3 fully saturated rings. The van der Waals surface area contributed by atoms with Crippen LogP contribution in [0.3, 0.4) is 0 Å². The summed E-state index contributed by atoms with van der Waals surface area (Å²) in [7, 11) is 0. The highest BCUT2D eigenvalue weighted by atomic mass is 16.8. The van der Waals surface area contributed by atoms with Crippen molar-refractivity contribution in [2.75, 3.05) is 26.4 Å². The van der Waals surface area contributed by atoms with E-state index in [1.54, 1.807) is 6.08 Å². The maximum atomic E-state index is 13.5. The maximum absolute atomic E-state index is 13.5. The van der Waals surface area contributed by atoms with Crippen LogP contribution in [0.4, 0.5) is 0 Å². The largest absolute Gasteiger partial charge is 0.394 e. The predicted octanol–water partition coefficient (Wildman–Crippen LogP) is 13.9. The van der Waals surface area contributed by atoms with Crippen LogP contribution in [-0.4, -0.2) is 193 Å². The van der Waals surface area contributed by atoms with Gasteiger partial charge in [-0.2, -0.15) is 0 Å². The summed E-state index contributed by atoms with van der Waals surface area (Å²) in [5.41, 5.74) is 0. The first-order chi connectivity index (χ1) is 48.8. The quantitative estimate of drug-likeness (QED) is 0.0199. The van der Waals surface area contributed by atoms with Crippen LogP contribution in [0, 0.1) is 0 Å². The van der Waals surface area contributed by atoms with Crippen LogP contribution in [0.5, 0.6) is 0 Å². The number of rotatable bonds is 66. The first-order valence-electron chi connectivity index (χ1n) is 41.2. The molecule has 3 rings (SSSR count). The molecule has 3 aliphatic heterocycles. The van der Waals surface area contributed by atoms with E-state index >= 15 is 0 Å². The minimum absolute atomic E-state index is 0.247. The van der Waals surface area contributed by atoms with Crippen LogP contribution in [0.25, 0.3) is 0 Å². The Kier molecular flexibility index (Phi) is 57.3. The molecule has 19 heteroatoms. The number of unbranched alkanes of at least 4 members (excludes halogenated alkanes) is 46.